The minimum Gasteiger partial charge on any atom is -0.497 e. The van der Waals surface area contributed by atoms with Gasteiger partial charge >= 0.3 is 5.97 Å². The molecule has 1 aromatic carbocycles. The molecule has 8 nitrogen and oxygen atoms in total. The van der Waals surface area contributed by atoms with Crippen molar-refractivity contribution in [2.24, 2.45) is 0 Å². The number of methoxy groups -OCH3 is 1. The lowest BCUT2D eigenvalue weighted by molar-refractivity contribution is -0.142. The lowest BCUT2D eigenvalue weighted by atomic mass is 10.1. The number of carboxylic acid groups (broad SMARTS) is 1. The maximum absolute atomic E-state index is 11.9. The zero-order valence-electron chi connectivity index (χ0n) is 14.2. The standard InChI is InChI=1S/C17H21N3O5/c1-3-4-13(17(22)23)18-14(21)9-10-15-19-16(20-25-15)11-5-7-12(24-2)8-6-11/h5-8,13H,3-4,9-10H2,1-2H3,(H,18,21)(H,22,23). The quantitative estimate of drug-likeness (QED) is 0.713. The van der Waals surface area contributed by atoms with Gasteiger partial charge in [0.25, 0.3) is 0 Å². The number of rotatable bonds is 9. The molecule has 0 aliphatic rings. The highest BCUT2D eigenvalue weighted by Crippen LogP contribution is 2.20. The Morgan fingerprint density at radius 2 is 2.04 bits per heavy atom. The summed E-state index contributed by atoms with van der Waals surface area (Å²) in [6.45, 7) is 1.86. The van der Waals surface area contributed by atoms with Crippen LogP contribution in [0.15, 0.2) is 28.8 Å². The Hall–Kier alpha value is -2.90. The zero-order valence-corrected chi connectivity index (χ0v) is 14.2. The van der Waals surface area contributed by atoms with Crippen LogP contribution in [0.5, 0.6) is 5.75 Å². The van der Waals surface area contributed by atoms with Gasteiger partial charge in [-0.25, -0.2) is 4.79 Å². The van der Waals surface area contributed by atoms with Gasteiger partial charge in [-0.1, -0.05) is 18.5 Å². The molecule has 0 spiro atoms. The van der Waals surface area contributed by atoms with Crippen molar-refractivity contribution < 1.29 is 24.0 Å². The van der Waals surface area contributed by atoms with E-state index < -0.39 is 12.0 Å². The molecule has 0 radical (unpaired) electrons. The molecule has 0 saturated carbocycles. The Morgan fingerprint density at radius 1 is 1.32 bits per heavy atom. The molecule has 0 aliphatic heterocycles. The molecule has 134 valence electrons. The maximum Gasteiger partial charge on any atom is 0.326 e. The van der Waals surface area contributed by atoms with Crippen LogP contribution in [0.25, 0.3) is 11.4 Å². The minimum atomic E-state index is -1.03. The van der Waals surface area contributed by atoms with Crippen molar-refractivity contribution in [2.75, 3.05) is 7.11 Å². The highest BCUT2D eigenvalue weighted by molar-refractivity contribution is 5.83. The first-order chi connectivity index (χ1) is 12.0. The van der Waals surface area contributed by atoms with Crippen LogP contribution >= 0.6 is 0 Å². The number of aliphatic carboxylic acids is 1. The third-order valence-corrected chi connectivity index (χ3v) is 3.59. The van der Waals surface area contributed by atoms with E-state index in [2.05, 4.69) is 15.5 Å². The van der Waals surface area contributed by atoms with Gasteiger partial charge < -0.3 is 19.7 Å². The molecule has 2 N–H and O–H groups in total. The van der Waals surface area contributed by atoms with Gasteiger partial charge in [-0.15, -0.1) is 0 Å². The van der Waals surface area contributed by atoms with Gasteiger partial charge in [-0.2, -0.15) is 4.98 Å². The van der Waals surface area contributed by atoms with Crippen molar-refractivity contribution in [1.29, 1.82) is 0 Å². The first kappa shape index (κ1) is 18.4. The summed E-state index contributed by atoms with van der Waals surface area (Å²) in [6.07, 6.45) is 1.39. The number of ether oxygens (including phenoxy) is 1. The summed E-state index contributed by atoms with van der Waals surface area (Å²) >= 11 is 0. The molecule has 2 aromatic rings. The molecule has 1 atom stereocenters. The summed E-state index contributed by atoms with van der Waals surface area (Å²) in [5, 5.41) is 15.4. The van der Waals surface area contributed by atoms with Gasteiger partial charge in [0.1, 0.15) is 11.8 Å². The van der Waals surface area contributed by atoms with Crippen LogP contribution in [0.4, 0.5) is 0 Å². The summed E-state index contributed by atoms with van der Waals surface area (Å²) in [5.41, 5.74) is 0.772. The van der Waals surface area contributed by atoms with Crippen LogP contribution in [0, 0.1) is 0 Å². The summed E-state index contributed by atoms with van der Waals surface area (Å²) in [7, 11) is 1.59. The number of carbonyl (C=O) groups excluding carboxylic acids is 1. The average Bonchev–Trinajstić information content (AvgIpc) is 3.08. The lowest BCUT2D eigenvalue weighted by Crippen LogP contribution is -2.40. The SMILES string of the molecule is CCCC(NC(=O)CCc1nc(-c2ccc(OC)cc2)no1)C(=O)O. The summed E-state index contributed by atoms with van der Waals surface area (Å²) in [5.74, 6) is 0.0832. The largest absolute Gasteiger partial charge is 0.497 e. The Bertz CT molecular complexity index is 711. The molecule has 0 fully saturated rings. The number of amides is 1. The Balaban J connectivity index is 1.90. The highest BCUT2D eigenvalue weighted by atomic mass is 16.5. The molecular formula is C17H21N3O5. The van der Waals surface area contributed by atoms with E-state index in [9.17, 15) is 9.59 Å². The van der Waals surface area contributed by atoms with E-state index in [0.717, 1.165) is 11.3 Å². The summed E-state index contributed by atoms with van der Waals surface area (Å²) in [4.78, 5) is 27.2. The van der Waals surface area contributed by atoms with Gasteiger partial charge in [0.15, 0.2) is 0 Å². The number of benzene rings is 1. The van der Waals surface area contributed by atoms with Crippen molar-refractivity contribution >= 4 is 11.9 Å². The van der Waals surface area contributed by atoms with Crippen molar-refractivity contribution in [1.82, 2.24) is 15.5 Å². The molecule has 25 heavy (non-hydrogen) atoms. The molecule has 1 unspecified atom stereocenters. The Kier molecular flexibility index (Phi) is 6.50. The molecule has 1 heterocycles. The second kappa shape index (κ2) is 8.81. The second-order valence-electron chi connectivity index (χ2n) is 5.49. The van der Waals surface area contributed by atoms with E-state index in [1.54, 1.807) is 19.2 Å². The first-order valence-corrected chi connectivity index (χ1v) is 8.02. The molecule has 0 saturated heterocycles. The van der Waals surface area contributed by atoms with Crippen molar-refractivity contribution in [3.8, 4) is 17.1 Å². The van der Waals surface area contributed by atoms with Crippen molar-refractivity contribution in [2.45, 2.75) is 38.6 Å². The van der Waals surface area contributed by atoms with Gasteiger partial charge in [-0.3, -0.25) is 4.79 Å². The van der Waals surface area contributed by atoms with Crippen LogP contribution in [-0.4, -0.2) is 40.3 Å². The number of carboxylic acids is 1. The predicted octanol–water partition coefficient (Wildman–Crippen LogP) is 2.05. The number of nitrogens with one attached hydrogen (secondary N) is 1. The summed E-state index contributed by atoms with van der Waals surface area (Å²) < 4.78 is 10.2. The van der Waals surface area contributed by atoms with Gasteiger partial charge in [0, 0.05) is 18.4 Å². The van der Waals surface area contributed by atoms with Crippen molar-refractivity contribution in [3.05, 3.63) is 30.2 Å². The number of aryl methyl sites for hydroxylation is 1. The average molecular weight is 347 g/mol. The zero-order chi connectivity index (χ0) is 18.2. The predicted molar refractivity (Wildman–Crippen MR) is 89.1 cm³/mol. The molecule has 1 aromatic heterocycles. The molecule has 0 bridgehead atoms. The first-order valence-electron chi connectivity index (χ1n) is 8.02. The number of nitrogens with zero attached hydrogens (tertiary/aromatic N) is 2. The Morgan fingerprint density at radius 3 is 2.64 bits per heavy atom. The fourth-order valence-corrected chi connectivity index (χ4v) is 2.25. The van der Waals surface area contributed by atoms with Crippen LogP contribution in [0.2, 0.25) is 0 Å². The molecule has 0 aliphatic carbocycles. The number of carbonyl (C=O) groups is 2. The van der Waals surface area contributed by atoms with E-state index in [1.165, 1.54) is 0 Å². The summed E-state index contributed by atoms with van der Waals surface area (Å²) in [6, 6.07) is 6.33. The molecule has 2 rings (SSSR count). The highest BCUT2D eigenvalue weighted by Gasteiger charge is 2.19. The smallest absolute Gasteiger partial charge is 0.326 e. The van der Waals surface area contributed by atoms with E-state index in [0.29, 0.717) is 24.6 Å². The fourth-order valence-electron chi connectivity index (χ4n) is 2.25. The number of hydrogen-bond acceptors (Lipinski definition) is 6. The van der Waals surface area contributed by atoms with E-state index in [1.807, 2.05) is 19.1 Å². The third-order valence-electron chi connectivity index (χ3n) is 3.59. The monoisotopic (exact) mass is 347 g/mol. The molecular weight excluding hydrogens is 326 g/mol. The van der Waals surface area contributed by atoms with Crippen LogP contribution in [-0.2, 0) is 16.0 Å². The maximum atomic E-state index is 11.9. The lowest BCUT2D eigenvalue weighted by Gasteiger charge is -2.12. The third kappa shape index (κ3) is 5.30. The van der Waals surface area contributed by atoms with Gasteiger partial charge in [0.2, 0.25) is 17.6 Å². The normalized spacial score (nSPS) is 11.8. The number of aromatic nitrogens is 2. The van der Waals surface area contributed by atoms with Crippen LogP contribution in [0.3, 0.4) is 0 Å². The van der Waals surface area contributed by atoms with E-state index >= 15 is 0 Å². The van der Waals surface area contributed by atoms with E-state index in [-0.39, 0.29) is 18.7 Å². The van der Waals surface area contributed by atoms with Crippen molar-refractivity contribution in [3.63, 3.8) is 0 Å². The van der Waals surface area contributed by atoms with E-state index in [4.69, 9.17) is 14.4 Å². The minimum absolute atomic E-state index is 0.0811. The number of hydrogen-bond donors (Lipinski definition) is 2. The Labute approximate surface area is 145 Å². The fraction of sp³-hybridized carbons (Fsp3) is 0.412. The van der Waals surface area contributed by atoms with Gasteiger partial charge in [-0.05, 0) is 30.7 Å². The molecule has 8 heteroatoms. The van der Waals surface area contributed by atoms with Gasteiger partial charge in [0.05, 0.1) is 7.11 Å². The molecule has 1 amide bonds. The second-order valence-corrected chi connectivity index (χ2v) is 5.49. The van der Waals surface area contributed by atoms with Crippen LogP contribution < -0.4 is 10.1 Å². The topological polar surface area (TPSA) is 115 Å². The van der Waals surface area contributed by atoms with Crippen LogP contribution in [0.1, 0.15) is 32.1 Å².